The minimum atomic E-state index is 0.277. The van der Waals surface area contributed by atoms with Crippen LogP contribution in [0.15, 0.2) is 0 Å². The smallest absolute Gasteiger partial charge is 0.222 e. The van der Waals surface area contributed by atoms with Crippen molar-refractivity contribution in [2.75, 3.05) is 38.2 Å². The van der Waals surface area contributed by atoms with E-state index in [1.165, 1.54) is 5.75 Å². The summed E-state index contributed by atoms with van der Waals surface area (Å²) in [5.74, 6) is 2.61. The van der Waals surface area contributed by atoms with Crippen molar-refractivity contribution >= 4 is 17.7 Å². The molecular formula is C14H26N2O2S. The van der Waals surface area contributed by atoms with Gasteiger partial charge in [0.05, 0.1) is 6.10 Å². The van der Waals surface area contributed by atoms with E-state index in [1.807, 2.05) is 18.8 Å². The molecule has 2 heterocycles. The molecule has 2 atom stereocenters. The fraction of sp³-hybridized carbons (Fsp3) is 0.929. The molecule has 2 rings (SSSR count). The number of amides is 1. The van der Waals surface area contributed by atoms with E-state index in [0.717, 1.165) is 51.1 Å². The average molecular weight is 286 g/mol. The van der Waals surface area contributed by atoms with Gasteiger partial charge in [0.15, 0.2) is 0 Å². The van der Waals surface area contributed by atoms with Crippen molar-refractivity contribution in [3.05, 3.63) is 0 Å². The number of nitrogens with one attached hydrogen (secondary N) is 1. The van der Waals surface area contributed by atoms with Gasteiger partial charge in [-0.15, -0.1) is 0 Å². The van der Waals surface area contributed by atoms with Gasteiger partial charge < -0.3 is 15.0 Å². The summed E-state index contributed by atoms with van der Waals surface area (Å²) in [6.45, 7) is 2.59. The van der Waals surface area contributed by atoms with Crippen LogP contribution >= 0.6 is 11.8 Å². The number of hydrogen-bond donors (Lipinski definition) is 1. The summed E-state index contributed by atoms with van der Waals surface area (Å²) in [4.78, 5) is 14.5. The van der Waals surface area contributed by atoms with E-state index in [0.29, 0.717) is 18.4 Å². The van der Waals surface area contributed by atoms with Crippen molar-refractivity contribution in [3.63, 3.8) is 0 Å². The molecule has 110 valence electrons. The molecule has 1 N–H and O–H groups in total. The Bertz CT molecular complexity index is 277. The molecule has 0 aromatic rings. The van der Waals surface area contributed by atoms with Crippen LogP contribution in [0, 0.1) is 0 Å². The molecule has 2 saturated heterocycles. The van der Waals surface area contributed by atoms with Gasteiger partial charge in [0.1, 0.15) is 0 Å². The van der Waals surface area contributed by atoms with Crippen molar-refractivity contribution in [1.29, 1.82) is 0 Å². The molecule has 2 aliphatic heterocycles. The van der Waals surface area contributed by atoms with Crippen LogP contribution in [0.4, 0.5) is 0 Å². The molecule has 5 heteroatoms. The largest absolute Gasteiger partial charge is 0.376 e. The van der Waals surface area contributed by atoms with Gasteiger partial charge in [-0.1, -0.05) is 0 Å². The molecule has 1 amide bonds. The van der Waals surface area contributed by atoms with E-state index in [1.54, 1.807) is 0 Å². The maximum atomic E-state index is 12.4. The van der Waals surface area contributed by atoms with E-state index < -0.39 is 0 Å². The van der Waals surface area contributed by atoms with Crippen LogP contribution in [-0.4, -0.2) is 61.2 Å². The Kier molecular flexibility index (Phi) is 6.47. The highest BCUT2D eigenvalue weighted by atomic mass is 32.2. The number of ether oxygens (including phenoxy) is 1. The van der Waals surface area contributed by atoms with Gasteiger partial charge in [0, 0.05) is 31.4 Å². The fourth-order valence-corrected chi connectivity index (χ4v) is 4.01. The Morgan fingerprint density at radius 3 is 3.00 bits per heavy atom. The molecule has 2 fully saturated rings. The van der Waals surface area contributed by atoms with Gasteiger partial charge >= 0.3 is 0 Å². The van der Waals surface area contributed by atoms with Gasteiger partial charge in [0.2, 0.25) is 5.91 Å². The highest BCUT2D eigenvalue weighted by molar-refractivity contribution is 7.99. The molecule has 0 saturated carbocycles. The van der Waals surface area contributed by atoms with Gasteiger partial charge in [-0.3, -0.25) is 4.79 Å². The van der Waals surface area contributed by atoms with E-state index in [-0.39, 0.29) is 6.10 Å². The SMILES string of the molecule is CNCCCC(=O)N(CC1CCCO1)C1CCSC1. The summed E-state index contributed by atoms with van der Waals surface area (Å²) in [5.41, 5.74) is 0. The lowest BCUT2D eigenvalue weighted by molar-refractivity contribution is -0.134. The molecule has 0 bridgehead atoms. The fourth-order valence-electron chi connectivity index (χ4n) is 2.79. The van der Waals surface area contributed by atoms with Gasteiger partial charge in [-0.05, 0) is 45.0 Å². The lowest BCUT2D eigenvalue weighted by atomic mass is 10.1. The molecular weight excluding hydrogens is 260 g/mol. The molecule has 19 heavy (non-hydrogen) atoms. The molecule has 4 nitrogen and oxygen atoms in total. The molecule has 2 aliphatic rings. The zero-order valence-electron chi connectivity index (χ0n) is 11.9. The Hall–Kier alpha value is -0.260. The molecule has 0 aromatic carbocycles. The predicted octanol–water partition coefficient (Wildman–Crippen LogP) is 1.50. The van der Waals surface area contributed by atoms with E-state index in [2.05, 4.69) is 10.2 Å². The van der Waals surface area contributed by atoms with Crippen LogP contribution in [0.3, 0.4) is 0 Å². The predicted molar refractivity (Wildman–Crippen MR) is 79.6 cm³/mol. The summed E-state index contributed by atoms with van der Waals surface area (Å²) in [6, 6.07) is 0.441. The van der Waals surface area contributed by atoms with E-state index in [4.69, 9.17) is 4.74 Å². The molecule has 2 unspecified atom stereocenters. The summed E-state index contributed by atoms with van der Waals surface area (Å²) in [7, 11) is 1.93. The quantitative estimate of drug-likeness (QED) is 0.720. The first-order valence-electron chi connectivity index (χ1n) is 7.44. The van der Waals surface area contributed by atoms with Crippen molar-refractivity contribution in [3.8, 4) is 0 Å². The molecule has 0 aromatic heterocycles. The zero-order chi connectivity index (χ0) is 13.5. The summed E-state index contributed by atoms with van der Waals surface area (Å²) >= 11 is 1.97. The summed E-state index contributed by atoms with van der Waals surface area (Å²) < 4.78 is 5.71. The number of carbonyl (C=O) groups is 1. The monoisotopic (exact) mass is 286 g/mol. The highest BCUT2D eigenvalue weighted by Gasteiger charge is 2.30. The van der Waals surface area contributed by atoms with Crippen molar-refractivity contribution in [2.45, 2.75) is 44.2 Å². The second-order valence-electron chi connectivity index (χ2n) is 5.41. The third kappa shape index (κ3) is 4.65. The average Bonchev–Trinajstić information content (AvgIpc) is 3.09. The van der Waals surface area contributed by atoms with Crippen molar-refractivity contribution in [1.82, 2.24) is 10.2 Å². The summed E-state index contributed by atoms with van der Waals surface area (Å²) in [5, 5.41) is 3.11. The minimum absolute atomic E-state index is 0.277. The maximum absolute atomic E-state index is 12.4. The van der Waals surface area contributed by atoms with Gasteiger partial charge in [-0.2, -0.15) is 11.8 Å². The van der Waals surface area contributed by atoms with Gasteiger partial charge in [0.25, 0.3) is 0 Å². The van der Waals surface area contributed by atoms with Crippen LogP contribution in [0.1, 0.15) is 32.1 Å². The molecule has 0 radical (unpaired) electrons. The number of thioether (sulfide) groups is 1. The standard InChI is InChI=1S/C14H26N2O2S/c1-15-7-2-5-14(17)16(12-6-9-19-11-12)10-13-4-3-8-18-13/h12-13,15H,2-11H2,1H3. The Balaban J connectivity index is 1.86. The number of hydrogen-bond acceptors (Lipinski definition) is 4. The van der Waals surface area contributed by atoms with E-state index >= 15 is 0 Å². The Morgan fingerprint density at radius 2 is 2.37 bits per heavy atom. The van der Waals surface area contributed by atoms with Crippen LogP contribution < -0.4 is 5.32 Å². The van der Waals surface area contributed by atoms with Crippen LogP contribution in [0.25, 0.3) is 0 Å². The first kappa shape index (κ1) is 15.1. The minimum Gasteiger partial charge on any atom is -0.376 e. The van der Waals surface area contributed by atoms with Crippen LogP contribution in [-0.2, 0) is 9.53 Å². The lowest BCUT2D eigenvalue weighted by Gasteiger charge is -2.31. The van der Waals surface area contributed by atoms with Crippen LogP contribution in [0.5, 0.6) is 0 Å². The third-order valence-electron chi connectivity index (χ3n) is 3.91. The third-order valence-corrected chi connectivity index (χ3v) is 5.05. The van der Waals surface area contributed by atoms with Crippen molar-refractivity contribution < 1.29 is 9.53 Å². The van der Waals surface area contributed by atoms with E-state index in [9.17, 15) is 4.79 Å². The lowest BCUT2D eigenvalue weighted by Crippen LogP contribution is -2.44. The zero-order valence-corrected chi connectivity index (χ0v) is 12.7. The first-order valence-corrected chi connectivity index (χ1v) is 8.60. The highest BCUT2D eigenvalue weighted by Crippen LogP contribution is 2.25. The maximum Gasteiger partial charge on any atom is 0.222 e. The van der Waals surface area contributed by atoms with Crippen molar-refractivity contribution in [2.24, 2.45) is 0 Å². The first-order chi connectivity index (χ1) is 9.31. The topological polar surface area (TPSA) is 41.6 Å². The van der Waals surface area contributed by atoms with Crippen LogP contribution in [0.2, 0.25) is 0 Å². The second kappa shape index (κ2) is 8.12. The molecule has 0 spiro atoms. The Morgan fingerprint density at radius 1 is 1.47 bits per heavy atom. The summed E-state index contributed by atoms with van der Waals surface area (Å²) in [6.07, 6.45) is 5.27. The molecule has 0 aliphatic carbocycles. The number of nitrogens with zero attached hydrogens (tertiary/aromatic N) is 1. The normalized spacial score (nSPS) is 26.8. The number of carbonyl (C=O) groups excluding carboxylic acids is 1. The number of rotatable bonds is 7. The second-order valence-corrected chi connectivity index (χ2v) is 6.56. The Labute approximate surface area is 120 Å². The van der Waals surface area contributed by atoms with Gasteiger partial charge in [-0.25, -0.2) is 0 Å².